The smallest absolute Gasteiger partial charge is 0.230 e. The van der Waals surface area contributed by atoms with Crippen molar-refractivity contribution in [3.05, 3.63) is 35.4 Å². The normalized spacial score (nSPS) is 27.7. The molecule has 2 saturated heterocycles. The van der Waals surface area contributed by atoms with Crippen molar-refractivity contribution in [1.29, 1.82) is 0 Å². The molecule has 0 N–H and O–H groups in total. The van der Waals surface area contributed by atoms with Crippen molar-refractivity contribution in [1.82, 2.24) is 4.90 Å². The standard InChI is InChI=1S/C14H15NO2/c1-9-2-4-10(5-3-9)11-8-14(17)15-12(11)6-7-13(15)16/h2-5,11-12H,6-8H2,1H3/t11-,12-/m0/s1. The van der Waals surface area contributed by atoms with Gasteiger partial charge in [0.15, 0.2) is 0 Å². The predicted molar refractivity (Wildman–Crippen MR) is 63.4 cm³/mol. The molecule has 2 atom stereocenters. The molecule has 0 bridgehead atoms. The second-order valence-corrected chi connectivity index (χ2v) is 4.98. The number of hydrogen-bond donors (Lipinski definition) is 0. The van der Waals surface area contributed by atoms with Gasteiger partial charge < -0.3 is 0 Å². The first-order valence-corrected chi connectivity index (χ1v) is 6.08. The lowest BCUT2D eigenvalue weighted by Crippen LogP contribution is -2.32. The highest BCUT2D eigenvalue weighted by molar-refractivity contribution is 5.99. The molecular weight excluding hydrogens is 214 g/mol. The van der Waals surface area contributed by atoms with E-state index in [-0.39, 0.29) is 23.8 Å². The van der Waals surface area contributed by atoms with Crippen molar-refractivity contribution in [3.8, 4) is 0 Å². The zero-order chi connectivity index (χ0) is 12.0. The Labute approximate surface area is 100 Å². The molecule has 0 aromatic heterocycles. The molecular formula is C14H15NO2. The number of aryl methyl sites for hydroxylation is 1. The van der Waals surface area contributed by atoms with E-state index in [1.54, 1.807) is 0 Å². The van der Waals surface area contributed by atoms with Crippen LogP contribution in [0, 0.1) is 6.92 Å². The van der Waals surface area contributed by atoms with Crippen LogP contribution in [0.25, 0.3) is 0 Å². The van der Waals surface area contributed by atoms with Crippen LogP contribution in [0.5, 0.6) is 0 Å². The maximum absolute atomic E-state index is 11.8. The highest BCUT2D eigenvalue weighted by atomic mass is 16.2. The summed E-state index contributed by atoms with van der Waals surface area (Å²) >= 11 is 0. The van der Waals surface area contributed by atoms with Crippen molar-refractivity contribution in [3.63, 3.8) is 0 Å². The number of imide groups is 1. The van der Waals surface area contributed by atoms with E-state index in [0.29, 0.717) is 12.8 Å². The van der Waals surface area contributed by atoms with Crippen LogP contribution in [-0.2, 0) is 9.59 Å². The summed E-state index contributed by atoms with van der Waals surface area (Å²) in [7, 11) is 0. The Balaban J connectivity index is 1.93. The van der Waals surface area contributed by atoms with E-state index in [9.17, 15) is 9.59 Å². The van der Waals surface area contributed by atoms with Crippen LogP contribution in [0.2, 0.25) is 0 Å². The third kappa shape index (κ3) is 1.57. The van der Waals surface area contributed by atoms with E-state index in [1.165, 1.54) is 16.0 Å². The monoisotopic (exact) mass is 229 g/mol. The Morgan fingerprint density at radius 2 is 1.82 bits per heavy atom. The molecule has 1 aromatic rings. The van der Waals surface area contributed by atoms with E-state index < -0.39 is 0 Å². The fourth-order valence-electron chi connectivity index (χ4n) is 2.99. The van der Waals surface area contributed by atoms with Gasteiger partial charge in [0.1, 0.15) is 0 Å². The van der Waals surface area contributed by atoms with Gasteiger partial charge in [-0.15, -0.1) is 0 Å². The summed E-state index contributed by atoms with van der Waals surface area (Å²) in [5, 5.41) is 0. The topological polar surface area (TPSA) is 37.4 Å². The van der Waals surface area contributed by atoms with Crippen LogP contribution in [0.3, 0.4) is 0 Å². The molecule has 3 heteroatoms. The average molecular weight is 229 g/mol. The van der Waals surface area contributed by atoms with Gasteiger partial charge in [-0.25, -0.2) is 0 Å². The summed E-state index contributed by atoms with van der Waals surface area (Å²) in [5.74, 6) is 0.215. The van der Waals surface area contributed by atoms with E-state index in [4.69, 9.17) is 0 Å². The third-order valence-corrected chi connectivity index (χ3v) is 3.89. The van der Waals surface area contributed by atoms with Gasteiger partial charge in [-0.3, -0.25) is 14.5 Å². The van der Waals surface area contributed by atoms with E-state index >= 15 is 0 Å². The van der Waals surface area contributed by atoms with Gasteiger partial charge in [0.05, 0.1) is 0 Å². The maximum atomic E-state index is 11.8. The zero-order valence-corrected chi connectivity index (χ0v) is 9.85. The molecule has 2 fully saturated rings. The quantitative estimate of drug-likeness (QED) is 0.691. The molecule has 2 aliphatic rings. The maximum Gasteiger partial charge on any atom is 0.230 e. The van der Waals surface area contributed by atoms with Gasteiger partial charge in [-0.1, -0.05) is 29.8 Å². The first-order chi connectivity index (χ1) is 8.16. The lowest BCUT2D eigenvalue weighted by molar-refractivity contribution is -0.140. The minimum absolute atomic E-state index is 0.00285. The number of amides is 2. The Morgan fingerprint density at radius 3 is 2.53 bits per heavy atom. The van der Waals surface area contributed by atoms with E-state index in [0.717, 1.165) is 6.42 Å². The highest BCUT2D eigenvalue weighted by Crippen LogP contribution is 2.40. The molecule has 2 heterocycles. The van der Waals surface area contributed by atoms with Crippen LogP contribution >= 0.6 is 0 Å². The number of fused-ring (bicyclic) bond motifs is 1. The molecule has 2 aliphatic heterocycles. The van der Waals surface area contributed by atoms with Crippen LogP contribution in [-0.4, -0.2) is 22.8 Å². The summed E-state index contributed by atoms with van der Waals surface area (Å²) in [6.07, 6.45) is 1.83. The second kappa shape index (κ2) is 3.69. The molecule has 0 unspecified atom stereocenters. The van der Waals surface area contributed by atoms with Gasteiger partial charge in [0.25, 0.3) is 0 Å². The van der Waals surface area contributed by atoms with Gasteiger partial charge >= 0.3 is 0 Å². The SMILES string of the molecule is Cc1ccc([C@@H]2CC(=O)N3C(=O)CC[C@@H]23)cc1. The predicted octanol–water partition coefficient (Wildman–Crippen LogP) is 2.00. The van der Waals surface area contributed by atoms with E-state index in [2.05, 4.69) is 31.2 Å². The minimum atomic E-state index is 0.00285. The summed E-state index contributed by atoms with van der Waals surface area (Å²) in [5.41, 5.74) is 2.41. The lowest BCUT2D eigenvalue weighted by Gasteiger charge is -2.19. The Hall–Kier alpha value is -1.64. The van der Waals surface area contributed by atoms with Crippen molar-refractivity contribution in [2.75, 3.05) is 0 Å². The fourth-order valence-corrected chi connectivity index (χ4v) is 2.99. The van der Waals surface area contributed by atoms with Crippen molar-refractivity contribution in [2.24, 2.45) is 0 Å². The zero-order valence-electron chi connectivity index (χ0n) is 9.85. The average Bonchev–Trinajstić information content (AvgIpc) is 2.83. The van der Waals surface area contributed by atoms with Gasteiger partial charge in [0, 0.05) is 24.8 Å². The Bertz CT molecular complexity index is 478. The molecule has 88 valence electrons. The van der Waals surface area contributed by atoms with Gasteiger partial charge in [-0.2, -0.15) is 0 Å². The summed E-state index contributed by atoms with van der Waals surface area (Å²) in [4.78, 5) is 24.9. The number of nitrogens with zero attached hydrogens (tertiary/aromatic N) is 1. The minimum Gasteiger partial charge on any atom is -0.279 e. The van der Waals surface area contributed by atoms with Crippen molar-refractivity contribution in [2.45, 2.75) is 38.1 Å². The second-order valence-electron chi connectivity index (χ2n) is 4.98. The molecule has 0 spiro atoms. The summed E-state index contributed by atoms with van der Waals surface area (Å²) in [6, 6.07) is 8.41. The Morgan fingerprint density at radius 1 is 1.12 bits per heavy atom. The third-order valence-electron chi connectivity index (χ3n) is 3.89. The Kier molecular flexibility index (Phi) is 2.28. The van der Waals surface area contributed by atoms with Crippen LogP contribution in [0.1, 0.15) is 36.3 Å². The largest absolute Gasteiger partial charge is 0.279 e. The number of benzene rings is 1. The summed E-state index contributed by atoms with van der Waals surface area (Å²) < 4.78 is 0. The van der Waals surface area contributed by atoms with Crippen LogP contribution in [0.15, 0.2) is 24.3 Å². The lowest BCUT2D eigenvalue weighted by atomic mass is 9.90. The van der Waals surface area contributed by atoms with Crippen LogP contribution in [0.4, 0.5) is 0 Å². The highest BCUT2D eigenvalue weighted by Gasteiger charge is 2.47. The molecule has 3 nitrogen and oxygen atoms in total. The van der Waals surface area contributed by atoms with Crippen molar-refractivity contribution >= 4 is 11.8 Å². The van der Waals surface area contributed by atoms with Gasteiger partial charge in [0.2, 0.25) is 11.8 Å². The van der Waals surface area contributed by atoms with Gasteiger partial charge in [-0.05, 0) is 18.9 Å². The molecule has 17 heavy (non-hydrogen) atoms. The van der Waals surface area contributed by atoms with Crippen LogP contribution < -0.4 is 0 Å². The number of carbonyl (C=O) groups excluding carboxylic acids is 2. The molecule has 0 aliphatic carbocycles. The molecule has 2 amide bonds. The molecule has 1 aromatic carbocycles. The summed E-state index contributed by atoms with van der Waals surface area (Å²) in [6.45, 7) is 2.05. The number of carbonyl (C=O) groups is 2. The van der Waals surface area contributed by atoms with Crippen molar-refractivity contribution < 1.29 is 9.59 Å². The fraction of sp³-hybridized carbons (Fsp3) is 0.429. The molecule has 3 rings (SSSR count). The number of rotatable bonds is 1. The first kappa shape index (κ1) is 10.5. The molecule has 0 radical (unpaired) electrons. The first-order valence-electron chi connectivity index (χ1n) is 6.08. The van der Waals surface area contributed by atoms with E-state index in [1.807, 2.05) is 0 Å². The number of hydrogen-bond acceptors (Lipinski definition) is 2. The molecule has 0 saturated carbocycles.